The quantitative estimate of drug-likeness (QED) is 0.298. The minimum atomic E-state index is -0.222. The Morgan fingerprint density at radius 3 is 2.64 bits per heavy atom. The van der Waals surface area contributed by atoms with Crippen LogP contribution in [0.3, 0.4) is 0 Å². The van der Waals surface area contributed by atoms with Gasteiger partial charge >= 0.3 is 0 Å². The lowest BCUT2D eigenvalue weighted by molar-refractivity contribution is 0.553. The Morgan fingerprint density at radius 1 is 1.32 bits per heavy atom. The smallest absolute Gasteiger partial charge is 0.123 e. The minimum Gasteiger partial charge on any atom is -0.296 e. The number of allylic oxidation sites excluding steroid dienone is 8. The summed E-state index contributed by atoms with van der Waals surface area (Å²) in [7, 11) is 1.75. The molecule has 0 spiro atoms. The molecule has 1 aliphatic rings. The highest BCUT2D eigenvalue weighted by Gasteiger charge is 2.20. The van der Waals surface area contributed by atoms with E-state index in [1.807, 2.05) is 24.4 Å². The molecular weight excluding hydrogens is 345 g/mol. The van der Waals surface area contributed by atoms with Crippen molar-refractivity contribution in [3.63, 3.8) is 0 Å². The molecule has 0 saturated heterocycles. The highest BCUT2D eigenvalue weighted by atomic mass is 19.1. The monoisotopic (exact) mass is 377 g/mol. The van der Waals surface area contributed by atoms with Crippen LogP contribution >= 0.6 is 0 Å². The van der Waals surface area contributed by atoms with Gasteiger partial charge in [-0.25, -0.2) is 4.39 Å². The third-order valence-electron chi connectivity index (χ3n) is 5.26. The van der Waals surface area contributed by atoms with Gasteiger partial charge < -0.3 is 0 Å². The van der Waals surface area contributed by atoms with Crippen LogP contribution < -0.4 is 0 Å². The van der Waals surface area contributed by atoms with Crippen molar-refractivity contribution in [2.75, 3.05) is 7.05 Å². The van der Waals surface area contributed by atoms with E-state index in [1.165, 1.54) is 37.0 Å². The van der Waals surface area contributed by atoms with Crippen LogP contribution in [0.25, 0.3) is 0 Å². The summed E-state index contributed by atoms with van der Waals surface area (Å²) in [5.74, 6) is 0.494. The number of halogens is 1. The van der Waals surface area contributed by atoms with Gasteiger partial charge in [-0.05, 0) is 54.0 Å². The second kappa shape index (κ2) is 11.4. The molecule has 0 heterocycles. The summed E-state index contributed by atoms with van der Waals surface area (Å²) >= 11 is 0. The summed E-state index contributed by atoms with van der Waals surface area (Å²) in [5.41, 5.74) is 4.30. The fourth-order valence-electron chi connectivity index (χ4n) is 3.61. The third-order valence-corrected chi connectivity index (χ3v) is 5.26. The van der Waals surface area contributed by atoms with E-state index in [0.717, 1.165) is 29.6 Å². The molecule has 2 rings (SSSR count). The van der Waals surface area contributed by atoms with Crippen molar-refractivity contribution in [1.82, 2.24) is 0 Å². The molecule has 0 fully saturated rings. The van der Waals surface area contributed by atoms with Crippen molar-refractivity contribution in [3.8, 4) is 0 Å². The van der Waals surface area contributed by atoms with E-state index < -0.39 is 0 Å². The predicted octanol–water partition coefficient (Wildman–Crippen LogP) is 7.36. The van der Waals surface area contributed by atoms with Crippen LogP contribution in [-0.2, 0) is 0 Å². The van der Waals surface area contributed by atoms with E-state index in [2.05, 4.69) is 43.3 Å². The number of benzene rings is 1. The van der Waals surface area contributed by atoms with E-state index in [9.17, 15) is 4.39 Å². The highest BCUT2D eigenvalue weighted by Crippen LogP contribution is 2.36. The van der Waals surface area contributed by atoms with Gasteiger partial charge in [0.25, 0.3) is 0 Å². The van der Waals surface area contributed by atoms with E-state index in [4.69, 9.17) is 0 Å². The van der Waals surface area contributed by atoms with Crippen molar-refractivity contribution in [2.45, 2.75) is 44.9 Å². The first kappa shape index (κ1) is 21.8. The molecule has 1 nitrogen and oxygen atoms in total. The number of unbranched alkanes of at least 4 members (excludes halogenated alkanes) is 1. The van der Waals surface area contributed by atoms with Crippen molar-refractivity contribution in [2.24, 2.45) is 10.9 Å². The Kier molecular flexibility index (Phi) is 8.87. The second-order valence-electron chi connectivity index (χ2n) is 7.35. The maximum absolute atomic E-state index is 13.5. The van der Waals surface area contributed by atoms with E-state index >= 15 is 0 Å². The van der Waals surface area contributed by atoms with Crippen LogP contribution in [0.15, 0.2) is 89.5 Å². The normalized spacial score (nSPS) is 18.2. The molecule has 28 heavy (non-hydrogen) atoms. The molecule has 2 unspecified atom stereocenters. The van der Waals surface area contributed by atoms with E-state index in [1.54, 1.807) is 13.1 Å². The van der Waals surface area contributed by atoms with Gasteiger partial charge in [-0.15, -0.1) is 0 Å². The highest BCUT2D eigenvalue weighted by molar-refractivity contribution is 5.85. The van der Waals surface area contributed by atoms with Crippen LogP contribution in [0.2, 0.25) is 0 Å². The summed E-state index contributed by atoms with van der Waals surface area (Å²) in [4.78, 5) is 4.16. The molecule has 1 aliphatic carbocycles. The van der Waals surface area contributed by atoms with Gasteiger partial charge in [0.15, 0.2) is 0 Å². The number of hydrogen-bond donors (Lipinski definition) is 0. The lowest BCUT2D eigenvalue weighted by Crippen LogP contribution is -2.08. The van der Waals surface area contributed by atoms with Crippen molar-refractivity contribution in [1.29, 1.82) is 0 Å². The first-order valence-corrected chi connectivity index (χ1v) is 10.2. The fourth-order valence-corrected chi connectivity index (χ4v) is 3.61. The molecule has 0 N–H and O–H groups in total. The minimum absolute atomic E-state index is 0.0629. The first-order valence-electron chi connectivity index (χ1n) is 10.2. The Bertz CT molecular complexity index is 777. The number of rotatable bonds is 10. The van der Waals surface area contributed by atoms with Gasteiger partial charge in [-0.2, -0.15) is 0 Å². The molecule has 0 aromatic heterocycles. The van der Waals surface area contributed by atoms with Gasteiger partial charge in [-0.3, -0.25) is 4.99 Å². The summed E-state index contributed by atoms with van der Waals surface area (Å²) in [6.07, 6.45) is 18.2. The van der Waals surface area contributed by atoms with Gasteiger partial charge in [0, 0.05) is 19.2 Å². The van der Waals surface area contributed by atoms with E-state index in [0.29, 0.717) is 5.92 Å². The zero-order valence-corrected chi connectivity index (χ0v) is 17.2. The van der Waals surface area contributed by atoms with Gasteiger partial charge in [0.2, 0.25) is 0 Å². The topological polar surface area (TPSA) is 12.4 Å². The van der Waals surface area contributed by atoms with Crippen LogP contribution in [0.4, 0.5) is 4.39 Å². The molecule has 0 radical (unpaired) electrons. The molecule has 0 saturated carbocycles. The Hall–Kier alpha value is -2.48. The zero-order chi connectivity index (χ0) is 20.4. The molecular formula is C26H32FN. The first-order chi connectivity index (χ1) is 13.6. The molecule has 0 aliphatic heterocycles. The van der Waals surface area contributed by atoms with Crippen LogP contribution in [0, 0.1) is 11.7 Å². The van der Waals surface area contributed by atoms with Crippen molar-refractivity contribution >= 4 is 6.21 Å². The lowest BCUT2D eigenvalue weighted by Gasteiger charge is -2.24. The number of aliphatic imine (C=N–C) groups is 1. The fraction of sp³-hybridized carbons (Fsp3) is 0.346. The summed E-state index contributed by atoms with van der Waals surface area (Å²) < 4.78 is 13.5. The third kappa shape index (κ3) is 6.30. The average molecular weight is 378 g/mol. The molecule has 2 heteroatoms. The van der Waals surface area contributed by atoms with Crippen LogP contribution in [-0.4, -0.2) is 13.3 Å². The average Bonchev–Trinajstić information content (AvgIpc) is 2.71. The summed E-state index contributed by atoms with van der Waals surface area (Å²) in [6.45, 7) is 10.4. The standard InChI is InChI=1S/C26H32FN/c1-5-7-9-21-10-12-22(13-11-21)18-26(23-14-16-25(27)17-15-23)20(3)24(8-6-2)19-28-4/h6,8,10,12-17,19,21,26H,2-3,5,7,9,11,18H2,1,4H3/b24-8+,28-19?. The maximum Gasteiger partial charge on any atom is 0.123 e. The molecule has 0 bridgehead atoms. The van der Waals surface area contributed by atoms with Gasteiger partial charge in [0.05, 0.1) is 0 Å². The number of nitrogens with zero attached hydrogens (tertiary/aromatic N) is 1. The van der Waals surface area contributed by atoms with Crippen LogP contribution in [0.1, 0.15) is 50.5 Å². The SMILES string of the molecule is C=C/C=C(\C=NC)C(=C)C(CC1=CCC(CCCC)C=C1)c1ccc(F)cc1. The molecule has 0 amide bonds. The molecule has 148 valence electrons. The van der Waals surface area contributed by atoms with Crippen molar-refractivity contribution < 1.29 is 4.39 Å². The number of hydrogen-bond acceptors (Lipinski definition) is 1. The largest absolute Gasteiger partial charge is 0.296 e. The van der Waals surface area contributed by atoms with Crippen molar-refractivity contribution in [3.05, 3.63) is 95.9 Å². The molecule has 1 aromatic carbocycles. The van der Waals surface area contributed by atoms with Crippen LogP contribution in [0.5, 0.6) is 0 Å². The Balaban J connectivity index is 2.25. The molecule has 1 aromatic rings. The van der Waals surface area contributed by atoms with Gasteiger partial charge in [0.1, 0.15) is 5.82 Å². The maximum atomic E-state index is 13.5. The van der Waals surface area contributed by atoms with E-state index in [-0.39, 0.29) is 11.7 Å². The second-order valence-corrected chi connectivity index (χ2v) is 7.35. The molecule has 2 atom stereocenters. The summed E-state index contributed by atoms with van der Waals surface area (Å²) in [6, 6.07) is 6.76. The Morgan fingerprint density at radius 2 is 2.07 bits per heavy atom. The predicted molar refractivity (Wildman–Crippen MR) is 120 cm³/mol. The summed E-state index contributed by atoms with van der Waals surface area (Å²) in [5, 5.41) is 0. The van der Waals surface area contributed by atoms with Gasteiger partial charge in [-0.1, -0.05) is 81.0 Å². The lowest BCUT2D eigenvalue weighted by atomic mass is 9.81. The zero-order valence-electron chi connectivity index (χ0n) is 17.2. The Labute approximate surface area is 169 Å².